The van der Waals surface area contributed by atoms with Gasteiger partial charge in [-0.15, -0.1) is 0 Å². The van der Waals surface area contributed by atoms with Crippen molar-refractivity contribution < 1.29 is 5.11 Å². The van der Waals surface area contributed by atoms with E-state index in [9.17, 15) is 14.7 Å². The van der Waals surface area contributed by atoms with E-state index in [4.69, 9.17) is 0 Å². The number of hydrogen-bond donors (Lipinski definition) is 2. The van der Waals surface area contributed by atoms with Gasteiger partial charge in [0, 0.05) is 14.1 Å². The van der Waals surface area contributed by atoms with Gasteiger partial charge in [-0.3, -0.25) is 13.9 Å². The number of hydrogen-bond acceptors (Lipinski definition) is 5. The molecule has 0 saturated carbocycles. The maximum Gasteiger partial charge on any atom is 0.332 e. The topological polar surface area (TPSA) is 92.9 Å². The van der Waals surface area contributed by atoms with E-state index in [0.717, 1.165) is 15.7 Å². The fourth-order valence-corrected chi connectivity index (χ4v) is 4.38. The third-order valence-electron chi connectivity index (χ3n) is 4.87. The van der Waals surface area contributed by atoms with Gasteiger partial charge < -0.3 is 10.1 Å². The minimum atomic E-state index is -0.788. The molecule has 0 aliphatic carbocycles. The van der Waals surface area contributed by atoms with Gasteiger partial charge in [-0.2, -0.15) is 0 Å². The highest BCUT2D eigenvalue weighted by atomic mass is 32.2. The minimum absolute atomic E-state index is 0.262. The lowest BCUT2D eigenvalue weighted by molar-refractivity contribution is 0.175. The molecule has 0 aliphatic heterocycles. The molecule has 2 atom stereocenters. The van der Waals surface area contributed by atoms with Crippen LogP contribution in [0.5, 0.6) is 0 Å². The SMILES string of the molecule is Cn1c(=O)c2[nH]c(S[C@@H](c3ccccc3)[C@H](O)c3ccccc3)nc2n(C)c1=O. The van der Waals surface area contributed by atoms with Gasteiger partial charge in [0.15, 0.2) is 16.3 Å². The van der Waals surface area contributed by atoms with Crippen LogP contribution in [-0.2, 0) is 14.1 Å². The first-order valence-electron chi connectivity index (χ1n) is 9.07. The number of aliphatic hydroxyl groups is 1. The van der Waals surface area contributed by atoms with E-state index in [1.54, 1.807) is 7.05 Å². The molecule has 0 radical (unpaired) electrons. The molecule has 4 rings (SSSR count). The van der Waals surface area contributed by atoms with Crippen LogP contribution in [0, 0.1) is 0 Å². The fraction of sp³-hybridized carbons (Fsp3) is 0.190. The molecule has 8 heteroatoms. The first kappa shape index (κ1) is 19.2. The zero-order valence-corrected chi connectivity index (χ0v) is 16.8. The van der Waals surface area contributed by atoms with E-state index < -0.39 is 17.4 Å². The van der Waals surface area contributed by atoms with Gasteiger partial charge >= 0.3 is 5.69 Å². The van der Waals surface area contributed by atoms with Crippen LogP contribution in [0.25, 0.3) is 11.2 Å². The largest absolute Gasteiger partial charge is 0.387 e. The molecule has 0 aliphatic rings. The molecule has 2 aromatic carbocycles. The molecule has 0 fully saturated rings. The second kappa shape index (κ2) is 7.73. The highest BCUT2D eigenvalue weighted by molar-refractivity contribution is 7.99. The van der Waals surface area contributed by atoms with Gasteiger partial charge in [-0.25, -0.2) is 9.78 Å². The molecule has 0 spiro atoms. The maximum absolute atomic E-state index is 12.4. The number of H-pyrrole nitrogens is 1. The van der Waals surface area contributed by atoms with Crippen molar-refractivity contribution >= 4 is 22.9 Å². The number of nitrogens with zero attached hydrogens (tertiary/aromatic N) is 3. The second-order valence-corrected chi connectivity index (χ2v) is 7.88. The van der Waals surface area contributed by atoms with Crippen molar-refractivity contribution in [1.82, 2.24) is 19.1 Å². The Kier molecular flexibility index (Phi) is 5.12. The summed E-state index contributed by atoms with van der Waals surface area (Å²) in [6.45, 7) is 0. The molecule has 148 valence electrons. The molecule has 4 aromatic rings. The number of aromatic amines is 1. The predicted molar refractivity (Wildman–Crippen MR) is 113 cm³/mol. The number of aryl methyl sites for hydroxylation is 1. The predicted octanol–water partition coefficient (Wildman–Crippen LogP) is 2.53. The number of benzene rings is 2. The highest BCUT2D eigenvalue weighted by Gasteiger charge is 2.26. The van der Waals surface area contributed by atoms with E-state index >= 15 is 0 Å². The monoisotopic (exact) mass is 408 g/mol. The van der Waals surface area contributed by atoms with Crippen molar-refractivity contribution in [2.45, 2.75) is 16.5 Å². The highest BCUT2D eigenvalue weighted by Crippen LogP contribution is 2.43. The Morgan fingerprint density at radius 1 is 0.931 bits per heavy atom. The lowest BCUT2D eigenvalue weighted by Crippen LogP contribution is -2.36. The summed E-state index contributed by atoms with van der Waals surface area (Å²) < 4.78 is 2.38. The smallest absolute Gasteiger partial charge is 0.332 e. The second-order valence-electron chi connectivity index (χ2n) is 6.75. The Balaban J connectivity index is 1.79. The molecule has 2 aromatic heterocycles. The van der Waals surface area contributed by atoms with Crippen molar-refractivity contribution in [2.75, 3.05) is 0 Å². The number of thioether (sulfide) groups is 1. The zero-order chi connectivity index (χ0) is 20.5. The number of nitrogens with one attached hydrogen (secondary N) is 1. The Hall–Kier alpha value is -3.10. The molecular formula is C21H20N4O3S. The van der Waals surface area contributed by atoms with Gasteiger partial charge in [0.05, 0.1) is 11.4 Å². The molecular weight excluding hydrogens is 388 g/mol. The third kappa shape index (κ3) is 3.52. The first-order valence-corrected chi connectivity index (χ1v) is 9.95. The summed E-state index contributed by atoms with van der Waals surface area (Å²) in [4.78, 5) is 32.1. The van der Waals surface area contributed by atoms with Crippen LogP contribution < -0.4 is 11.2 Å². The molecule has 2 N–H and O–H groups in total. The van der Waals surface area contributed by atoms with Crippen molar-refractivity contribution in [3.63, 3.8) is 0 Å². The van der Waals surface area contributed by atoms with Gasteiger partial charge in [-0.05, 0) is 11.1 Å². The third-order valence-corrected chi connectivity index (χ3v) is 6.07. The van der Waals surface area contributed by atoms with E-state index in [2.05, 4.69) is 9.97 Å². The van der Waals surface area contributed by atoms with E-state index in [0.29, 0.717) is 10.8 Å². The van der Waals surface area contributed by atoms with Crippen molar-refractivity contribution in [3.8, 4) is 0 Å². The normalized spacial score (nSPS) is 13.5. The minimum Gasteiger partial charge on any atom is -0.387 e. The summed E-state index contributed by atoms with van der Waals surface area (Å²) in [6.07, 6.45) is -0.788. The molecule has 29 heavy (non-hydrogen) atoms. The molecule has 0 unspecified atom stereocenters. The van der Waals surface area contributed by atoms with Crippen LogP contribution in [0.1, 0.15) is 22.5 Å². The molecule has 0 amide bonds. The van der Waals surface area contributed by atoms with E-state index in [1.807, 2.05) is 60.7 Å². The number of imidazole rings is 1. The van der Waals surface area contributed by atoms with Crippen molar-refractivity contribution in [2.24, 2.45) is 14.1 Å². The number of aliphatic hydroxyl groups excluding tert-OH is 1. The Morgan fingerprint density at radius 3 is 2.14 bits per heavy atom. The zero-order valence-electron chi connectivity index (χ0n) is 15.9. The fourth-order valence-electron chi connectivity index (χ4n) is 3.26. The van der Waals surface area contributed by atoms with Crippen LogP contribution >= 0.6 is 11.8 Å². The summed E-state index contributed by atoms with van der Waals surface area (Å²) in [6, 6.07) is 19.0. The average molecular weight is 408 g/mol. The molecule has 2 heterocycles. The van der Waals surface area contributed by atoms with Crippen LogP contribution in [-0.4, -0.2) is 24.2 Å². The van der Waals surface area contributed by atoms with E-state index in [-0.39, 0.29) is 10.8 Å². The quantitative estimate of drug-likeness (QED) is 0.495. The standard InChI is InChI=1S/C21H20N4O3S/c1-24-18-15(19(27)25(2)21(24)28)22-20(23-18)29-17(14-11-7-4-8-12-14)16(26)13-9-5-3-6-10-13/h3-12,16-17,26H,1-2H3,(H,22,23)/t16-,17+/m1/s1. The number of aromatic nitrogens is 4. The number of fused-ring (bicyclic) bond motifs is 1. The first-order chi connectivity index (χ1) is 14.0. The van der Waals surface area contributed by atoms with Gasteiger partial charge in [0.2, 0.25) is 0 Å². The number of rotatable bonds is 5. The molecule has 0 bridgehead atoms. The van der Waals surface area contributed by atoms with E-state index in [1.165, 1.54) is 23.4 Å². The van der Waals surface area contributed by atoms with Crippen LogP contribution in [0.2, 0.25) is 0 Å². The maximum atomic E-state index is 12.4. The summed E-state index contributed by atoms with van der Waals surface area (Å²) in [7, 11) is 3.01. The summed E-state index contributed by atoms with van der Waals surface area (Å²) in [5.74, 6) is 0. The molecule has 7 nitrogen and oxygen atoms in total. The average Bonchev–Trinajstić information content (AvgIpc) is 3.19. The summed E-state index contributed by atoms with van der Waals surface area (Å²) in [5.41, 5.74) is 1.40. The van der Waals surface area contributed by atoms with Gasteiger partial charge in [0.1, 0.15) is 0 Å². The lowest BCUT2D eigenvalue weighted by atomic mass is 10.0. The van der Waals surface area contributed by atoms with Gasteiger partial charge in [0.25, 0.3) is 5.56 Å². The summed E-state index contributed by atoms with van der Waals surface area (Å²) >= 11 is 1.32. The van der Waals surface area contributed by atoms with Crippen molar-refractivity contribution in [3.05, 3.63) is 92.6 Å². The van der Waals surface area contributed by atoms with Crippen LogP contribution in [0.3, 0.4) is 0 Å². The lowest BCUT2D eigenvalue weighted by Gasteiger charge is -2.22. The Bertz CT molecular complexity index is 1260. The van der Waals surface area contributed by atoms with Gasteiger partial charge in [-0.1, -0.05) is 72.4 Å². The molecule has 0 saturated heterocycles. The summed E-state index contributed by atoms with van der Waals surface area (Å²) in [5, 5.41) is 11.2. The Morgan fingerprint density at radius 2 is 1.52 bits per heavy atom. The van der Waals surface area contributed by atoms with Crippen LogP contribution in [0.4, 0.5) is 0 Å². The van der Waals surface area contributed by atoms with Crippen molar-refractivity contribution in [1.29, 1.82) is 0 Å². The van der Waals surface area contributed by atoms with Crippen LogP contribution in [0.15, 0.2) is 75.4 Å². The Labute approximate surface area is 170 Å².